The lowest BCUT2D eigenvalue weighted by Crippen LogP contribution is -1.86. The van der Waals surface area contributed by atoms with Crippen molar-refractivity contribution in [1.29, 1.82) is 0 Å². The monoisotopic (exact) mass is 215 g/mol. The highest BCUT2D eigenvalue weighted by atomic mass is 32.2. The fourth-order valence-corrected chi connectivity index (χ4v) is 2.23. The highest BCUT2D eigenvalue weighted by Gasteiger charge is 2.04. The Morgan fingerprint density at radius 3 is 2.67 bits per heavy atom. The van der Waals surface area contributed by atoms with Crippen LogP contribution in [0.5, 0.6) is 0 Å². The molecule has 1 heterocycles. The molecule has 0 aliphatic carbocycles. The van der Waals surface area contributed by atoms with Gasteiger partial charge in [-0.25, -0.2) is 0 Å². The van der Waals surface area contributed by atoms with Gasteiger partial charge in [-0.3, -0.25) is 4.98 Å². The van der Waals surface area contributed by atoms with Crippen LogP contribution in [-0.2, 0) is 0 Å². The number of nitrogens with zero attached hydrogens (tertiary/aromatic N) is 1. The van der Waals surface area contributed by atoms with Crippen LogP contribution in [-0.4, -0.2) is 11.2 Å². The third kappa shape index (κ3) is 2.21. The molecule has 76 valence electrons. The van der Waals surface area contributed by atoms with E-state index in [0.717, 1.165) is 5.69 Å². The fourth-order valence-electron chi connectivity index (χ4n) is 1.53. The number of pyridine rings is 1. The zero-order chi connectivity index (χ0) is 10.7. The molecule has 0 radical (unpaired) electrons. The van der Waals surface area contributed by atoms with Gasteiger partial charge in [-0.1, -0.05) is 18.2 Å². The topological polar surface area (TPSA) is 12.9 Å². The molecule has 2 rings (SSSR count). The Morgan fingerprint density at radius 1 is 1.13 bits per heavy atom. The average Bonchev–Trinajstić information content (AvgIpc) is 2.30. The Bertz CT molecular complexity index is 451. The first kappa shape index (κ1) is 10.2. The third-order valence-electron chi connectivity index (χ3n) is 2.30. The standard InChI is InChI=1S/C13H13NS/c1-10-6-7-11(13(9-10)15-2)12-5-3-4-8-14-12/h3-9H,1-2H3. The largest absolute Gasteiger partial charge is 0.256 e. The molecular weight excluding hydrogens is 202 g/mol. The number of rotatable bonds is 2. The van der Waals surface area contributed by atoms with Crippen LogP contribution in [0.15, 0.2) is 47.5 Å². The average molecular weight is 215 g/mol. The minimum Gasteiger partial charge on any atom is -0.256 e. The van der Waals surface area contributed by atoms with Crippen LogP contribution < -0.4 is 0 Å². The maximum atomic E-state index is 4.37. The van der Waals surface area contributed by atoms with Gasteiger partial charge in [0.1, 0.15) is 0 Å². The maximum absolute atomic E-state index is 4.37. The van der Waals surface area contributed by atoms with E-state index in [1.54, 1.807) is 11.8 Å². The van der Waals surface area contributed by atoms with Crippen molar-refractivity contribution >= 4 is 11.8 Å². The Morgan fingerprint density at radius 2 is 2.00 bits per heavy atom. The number of aryl methyl sites for hydroxylation is 1. The lowest BCUT2D eigenvalue weighted by atomic mass is 10.1. The lowest BCUT2D eigenvalue weighted by molar-refractivity contribution is 1.28. The summed E-state index contributed by atoms with van der Waals surface area (Å²) >= 11 is 1.76. The van der Waals surface area contributed by atoms with E-state index < -0.39 is 0 Å². The fraction of sp³-hybridized carbons (Fsp3) is 0.154. The zero-order valence-corrected chi connectivity index (χ0v) is 9.71. The number of hydrogen-bond donors (Lipinski definition) is 0. The summed E-state index contributed by atoms with van der Waals surface area (Å²) in [5.41, 5.74) is 3.55. The van der Waals surface area contributed by atoms with Gasteiger partial charge >= 0.3 is 0 Å². The molecule has 0 unspecified atom stereocenters. The lowest BCUT2D eigenvalue weighted by Gasteiger charge is -2.07. The minimum atomic E-state index is 1.04. The summed E-state index contributed by atoms with van der Waals surface area (Å²) in [4.78, 5) is 5.66. The van der Waals surface area contributed by atoms with E-state index in [1.165, 1.54) is 16.0 Å². The smallest absolute Gasteiger partial charge is 0.0713 e. The predicted octanol–water partition coefficient (Wildman–Crippen LogP) is 3.78. The van der Waals surface area contributed by atoms with E-state index in [9.17, 15) is 0 Å². The molecule has 0 N–H and O–H groups in total. The van der Waals surface area contributed by atoms with Gasteiger partial charge in [-0.05, 0) is 36.9 Å². The number of aromatic nitrogens is 1. The summed E-state index contributed by atoms with van der Waals surface area (Å²) in [6.45, 7) is 2.11. The van der Waals surface area contributed by atoms with Gasteiger partial charge in [0.2, 0.25) is 0 Å². The van der Waals surface area contributed by atoms with Crippen molar-refractivity contribution in [3.05, 3.63) is 48.2 Å². The van der Waals surface area contributed by atoms with E-state index in [0.29, 0.717) is 0 Å². The van der Waals surface area contributed by atoms with E-state index in [2.05, 4.69) is 36.4 Å². The molecule has 15 heavy (non-hydrogen) atoms. The molecule has 1 nitrogen and oxygen atoms in total. The van der Waals surface area contributed by atoms with Gasteiger partial charge in [-0.2, -0.15) is 0 Å². The van der Waals surface area contributed by atoms with Crippen molar-refractivity contribution in [1.82, 2.24) is 4.98 Å². The summed E-state index contributed by atoms with van der Waals surface area (Å²) in [5.74, 6) is 0. The molecule has 2 heteroatoms. The van der Waals surface area contributed by atoms with Crippen molar-refractivity contribution in [2.24, 2.45) is 0 Å². The van der Waals surface area contributed by atoms with Gasteiger partial charge < -0.3 is 0 Å². The van der Waals surface area contributed by atoms with Crippen molar-refractivity contribution in [2.75, 3.05) is 6.26 Å². The van der Waals surface area contributed by atoms with Gasteiger partial charge in [0, 0.05) is 16.7 Å². The number of thioether (sulfide) groups is 1. The van der Waals surface area contributed by atoms with Crippen LogP contribution in [0.1, 0.15) is 5.56 Å². The van der Waals surface area contributed by atoms with Gasteiger partial charge in [-0.15, -0.1) is 11.8 Å². The van der Waals surface area contributed by atoms with E-state index in [-0.39, 0.29) is 0 Å². The first-order valence-electron chi connectivity index (χ1n) is 4.87. The Kier molecular flexibility index (Phi) is 3.07. The van der Waals surface area contributed by atoms with E-state index in [4.69, 9.17) is 0 Å². The molecule has 0 amide bonds. The Hall–Kier alpha value is -1.28. The number of hydrogen-bond acceptors (Lipinski definition) is 2. The van der Waals surface area contributed by atoms with Crippen LogP contribution in [0.25, 0.3) is 11.3 Å². The second-order valence-corrected chi connectivity index (χ2v) is 4.27. The SMILES string of the molecule is CSc1cc(C)ccc1-c1ccccn1. The summed E-state index contributed by atoms with van der Waals surface area (Å²) in [6.07, 6.45) is 3.93. The second-order valence-electron chi connectivity index (χ2n) is 3.42. The molecule has 0 saturated heterocycles. The maximum Gasteiger partial charge on any atom is 0.0713 e. The van der Waals surface area contributed by atoms with Crippen molar-refractivity contribution in [3.8, 4) is 11.3 Å². The van der Waals surface area contributed by atoms with E-state index >= 15 is 0 Å². The van der Waals surface area contributed by atoms with Crippen LogP contribution in [0.4, 0.5) is 0 Å². The molecule has 0 atom stereocenters. The molecule has 2 aromatic rings. The molecule has 0 bridgehead atoms. The first-order valence-corrected chi connectivity index (χ1v) is 6.10. The predicted molar refractivity (Wildman–Crippen MR) is 66.2 cm³/mol. The van der Waals surface area contributed by atoms with Crippen molar-refractivity contribution in [3.63, 3.8) is 0 Å². The summed E-state index contributed by atoms with van der Waals surface area (Å²) in [5, 5.41) is 0. The van der Waals surface area contributed by atoms with Crippen LogP contribution in [0.2, 0.25) is 0 Å². The molecule has 0 spiro atoms. The molecule has 0 fully saturated rings. The van der Waals surface area contributed by atoms with Crippen molar-refractivity contribution < 1.29 is 0 Å². The van der Waals surface area contributed by atoms with Crippen LogP contribution in [0.3, 0.4) is 0 Å². The molecule has 1 aromatic carbocycles. The van der Waals surface area contributed by atoms with Crippen molar-refractivity contribution in [2.45, 2.75) is 11.8 Å². The molecule has 0 aliphatic rings. The van der Waals surface area contributed by atoms with Gasteiger partial charge in [0.25, 0.3) is 0 Å². The third-order valence-corrected chi connectivity index (χ3v) is 3.08. The van der Waals surface area contributed by atoms with E-state index in [1.807, 2.05) is 24.4 Å². The zero-order valence-electron chi connectivity index (χ0n) is 8.90. The normalized spacial score (nSPS) is 10.3. The van der Waals surface area contributed by atoms with Gasteiger partial charge in [0.05, 0.1) is 5.69 Å². The Balaban J connectivity index is 2.53. The highest BCUT2D eigenvalue weighted by molar-refractivity contribution is 7.98. The molecule has 1 aromatic heterocycles. The molecule has 0 aliphatic heterocycles. The molecule has 0 saturated carbocycles. The Labute approximate surface area is 94.6 Å². The van der Waals surface area contributed by atoms with Gasteiger partial charge in [0.15, 0.2) is 0 Å². The van der Waals surface area contributed by atoms with Crippen LogP contribution >= 0.6 is 11.8 Å². The second kappa shape index (κ2) is 4.49. The summed E-state index contributed by atoms with van der Waals surface area (Å²) in [6, 6.07) is 12.5. The summed E-state index contributed by atoms with van der Waals surface area (Å²) in [7, 11) is 0. The first-order chi connectivity index (χ1) is 7.31. The molecular formula is C13H13NS. The van der Waals surface area contributed by atoms with Crippen LogP contribution in [0, 0.1) is 6.92 Å². The highest BCUT2D eigenvalue weighted by Crippen LogP contribution is 2.29. The minimum absolute atomic E-state index is 1.04. The summed E-state index contributed by atoms with van der Waals surface area (Å²) < 4.78 is 0. The number of benzene rings is 1. The quantitative estimate of drug-likeness (QED) is 0.707.